The quantitative estimate of drug-likeness (QED) is 0.488. The van der Waals surface area contributed by atoms with Gasteiger partial charge in [0.15, 0.2) is 5.82 Å². The molecule has 1 unspecified atom stereocenters. The minimum absolute atomic E-state index is 0.0489. The summed E-state index contributed by atoms with van der Waals surface area (Å²) in [6.07, 6.45) is 3.32. The molecule has 1 aliphatic rings. The Morgan fingerprint density at radius 3 is 2.53 bits per heavy atom. The maximum absolute atomic E-state index is 13.7. The molecule has 1 aromatic carbocycles. The van der Waals surface area contributed by atoms with Crippen LogP contribution in [0, 0.1) is 12.7 Å². The van der Waals surface area contributed by atoms with Gasteiger partial charge in [-0.2, -0.15) is 17.5 Å². The highest BCUT2D eigenvalue weighted by Gasteiger charge is 2.51. The number of nitrogen functional groups attached to an aromatic ring is 1. The second-order valence-corrected chi connectivity index (χ2v) is 10.6. The van der Waals surface area contributed by atoms with Crippen molar-refractivity contribution in [3.05, 3.63) is 83.1 Å². The number of anilines is 2. The van der Waals surface area contributed by atoms with E-state index >= 15 is 0 Å². The topological polar surface area (TPSA) is 92.4 Å². The van der Waals surface area contributed by atoms with Gasteiger partial charge in [0.25, 0.3) is 0 Å². The average Bonchev–Trinajstić information content (AvgIpc) is 2.98. The number of alkyl halides is 3. The molecule has 2 aromatic heterocycles. The molecule has 0 radical (unpaired) electrons. The van der Waals surface area contributed by atoms with Crippen LogP contribution in [0.25, 0.3) is 0 Å². The summed E-state index contributed by atoms with van der Waals surface area (Å²) in [5.41, 5.74) is 2.44. The van der Waals surface area contributed by atoms with Crippen molar-refractivity contribution >= 4 is 21.5 Å². The van der Waals surface area contributed by atoms with Gasteiger partial charge in [0.2, 0.25) is 0 Å². The zero-order valence-corrected chi connectivity index (χ0v) is 20.2. The number of aromatic nitrogens is 2. The lowest BCUT2D eigenvalue weighted by atomic mass is 10.0. The Bertz CT molecular complexity index is 1340. The largest absolute Gasteiger partial charge is 0.511 e. The molecule has 0 amide bonds. The maximum Gasteiger partial charge on any atom is 0.511 e. The summed E-state index contributed by atoms with van der Waals surface area (Å²) in [6.45, 7) is 0.845. The second kappa shape index (κ2) is 10.0. The van der Waals surface area contributed by atoms with Crippen molar-refractivity contribution in [3.8, 4) is 0 Å². The smallest absolute Gasteiger partial charge is 0.396 e. The van der Waals surface area contributed by atoms with Crippen molar-refractivity contribution in [3.63, 3.8) is 0 Å². The molecular formula is C24H25F4N5O2S. The lowest BCUT2D eigenvalue weighted by Gasteiger charge is -2.33. The first kappa shape index (κ1) is 25.8. The van der Waals surface area contributed by atoms with Gasteiger partial charge in [-0.15, -0.1) is 0 Å². The van der Waals surface area contributed by atoms with Gasteiger partial charge in [0.1, 0.15) is 5.82 Å². The Hall–Kier alpha value is -3.25. The number of fused-ring (bicyclic) bond motifs is 1. The number of nitrogens with zero attached hydrogens (tertiary/aromatic N) is 4. The van der Waals surface area contributed by atoms with Crippen molar-refractivity contribution < 1.29 is 26.0 Å². The predicted octanol–water partition coefficient (Wildman–Crippen LogP) is 4.18. The van der Waals surface area contributed by atoms with E-state index in [1.54, 1.807) is 17.9 Å². The number of aryl methyl sites for hydroxylation is 2. The van der Waals surface area contributed by atoms with Gasteiger partial charge in [0, 0.05) is 30.9 Å². The number of halogens is 4. The number of hydrogen-bond donors (Lipinski definition) is 1. The van der Waals surface area contributed by atoms with Gasteiger partial charge in [0.05, 0.1) is 24.1 Å². The molecule has 36 heavy (non-hydrogen) atoms. The van der Waals surface area contributed by atoms with Crippen molar-refractivity contribution in [1.82, 2.24) is 14.3 Å². The van der Waals surface area contributed by atoms with Crippen LogP contribution in [0.4, 0.5) is 29.1 Å². The predicted molar refractivity (Wildman–Crippen MR) is 128 cm³/mol. The van der Waals surface area contributed by atoms with Crippen LogP contribution in [0.2, 0.25) is 0 Å². The van der Waals surface area contributed by atoms with E-state index in [2.05, 4.69) is 9.97 Å². The molecule has 0 saturated heterocycles. The number of benzene rings is 1. The number of hydrogen-bond acceptors (Lipinski definition) is 6. The van der Waals surface area contributed by atoms with Crippen molar-refractivity contribution in [2.45, 2.75) is 44.4 Å². The molecule has 7 nitrogen and oxygen atoms in total. The third-order valence-corrected chi connectivity index (χ3v) is 7.79. The second-order valence-electron chi connectivity index (χ2n) is 8.68. The number of sulfonamides is 1. The summed E-state index contributed by atoms with van der Waals surface area (Å²) in [4.78, 5) is 10.3. The van der Waals surface area contributed by atoms with Crippen molar-refractivity contribution in [2.24, 2.45) is 0 Å². The molecule has 1 aliphatic heterocycles. The van der Waals surface area contributed by atoms with Crippen LogP contribution < -0.4 is 10.6 Å². The van der Waals surface area contributed by atoms with Crippen LogP contribution in [-0.4, -0.2) is 40.8 Å². The molecule has 4 rings (SSSR count). The first-order chi connectivity index (χ1) is 17.0. The Kier molecular flexibility index (Phi) is 7.19. The molecule has 0 aliphatic carbocycles. The average molecular weight is 524 g/mol. The molecule has 1 atom stereocenters. The maximum atomic E-state index is 13.7. The lowest BCUT2D eigenvalue weighted by Crippen LogP contribution is -2.47. The van der Waals surface area contributed by atoms with Gasteiger partial charge < -0.3 is 10.6 Å². The van der Waals surface area contributed by atoms with Crippen LogP contribution in [0.1, 0.15) is 28.8 Å². The molecule has 3 heterocycles. The molecule has 192 valence electrons. The van der Waals surface area contributed by atoms with E-state index in [0.717, 1.165) is 11.8 Å². The van der Waals surface area contributed by atoms with Gasteiger partial charge >= 0.3 is 15.5 Å². The highest BCUT2D eigenvalue weighted by atomic mass is 32.2. The molecule has 0 bridgehead atoms. The Labute approximate surface area is 206 Å². The summed E-state index contributed by atoms with van der Waals surface area (Å²) >= 11 is 0. The Morgan fingerprint density at radius 2 is 1.86 bits per heavy atom. The van der Waals surface area contributed by atoms with Gasteiger partial charge in [-0.05, 0) is 43.0 Å². The fourth-order valence-corrected chi connectivity index (χ4v) is 5.24. The number of rotatable bonds is 6. The summed E-state index contributed by atoms with van der Waals surface area (Å²) < 4.78 is 80.1. The van der Waals surface area contributed by atoms with Crippen LogP contribution in [-0.2, 0) is 29.5 Å². The number of pyridine rings is 2. The van der Waals surface area contributed by atoms with E-state index in [-0.39, 0.29) is 12.2 Å². The van der Waals surface area contributed by atoms with E-state index in [4.69, 9.17) is 5.73 Å². The SMILES string of the molecule is Cc1ccnc2c1CN(S(=O)(=O)C(F)(F)F)CC(CCc1ccccc1)N2Cc1cc(N)c(F)cn1. The standard InChI is InChI=1S/C24H25F4N5O2S/c1-16-9-10-30-23-20(16)15-32(36(34,35)24(26,27)28)14-19(8-7-17-5-3-2-4-6-17)33(23)13-18-11-22(29)21(25)12-31-18/h2-6,9-12,19H,7-8,13-15H2,1H3,(H2,29,31). The Morgan fingerprint density at radius 1 is 1.14 bits per heavy atom. The van der Waals surface area contributed by atoms with E-state index in [1.807, 2.05) is 30.3 Å². The Balaban J connectivity index is 1.80. The van der Waals surface area contributed by atoms with Crippen molar-refractivity contribution in [2.75, 3.05) is 17.2 Å². The van der Waals surface area contributed by atoms with Crippen molar-refractivity contribution in [1.29, 1.82) is 0 Å². The van der Waals surface area contributed by atoms with E-state index in [0.29, 0.717) is 39.8 Å². The summed E-state index contributed by atoms with van der Waals surface area (Å²) in [6, 6.07) is 11.6. The summed E-state index contributed by atoms with van der Waals surface area (Å²) in [5.74, 6) is -0.329. The molecule has 3 aromatic rings. The molecular weight excluding hydrogens is 498 g/mol. The molecule has 2 N–H and O–H groups in total. The van der Waals surface area contributed by atoms with Gasteiger partial charge in [-0.3, -0.25) is 4.98 Å². The van der Waals surface area contributed by atoms with Crippen LogP contribution in [0.15, 0.2) is 54.9 Å². The zero-order chi connectivity index (χ0) is 26.1. The highest BCUT2D eigenvalue weighted by Crippen LogP contribution is 2.36. The third-order valence-electron chi connectivity index (χ3n) is 6.24. The first-order valence-electron chi connectivity index (χ1n) is 11.2. The fourth-order valence-electron chi connectivity index (χ4n) is 4.28. The van der Waals surface area contributed by atoms with Gasteiger partial charge in [-0.25, -0.2) is 17.8 Å². The monoisotopic (exact) mass is 523 g/mol. The molecule has 12 heteroatoms. The number of nitrogens with two attached hydrogens (primary N) is 1. The summed E-state index contributed by atoms with van der Waals surface area (Å²) in [5, 5.41) is 0. The van der Waals surface area contributed by atoms with Gasteiger partial charge in [-0.1, -0.05) is 30.3 Å². The molecule has 0 fully saturated rings. The van der Waals surface area contributed by atoms with Crippen LogP contribution >= 0.6 is 0 Å². The zero-order valence-electron chi connectivity index (χ0n) is 19.4. The summed E-state index contributed by atoms with van der Waals surface area (Å²) in [7, 11) is -5.61. The first-order valence-corrected chi connectivity index (χ1v) is 12.6. The third kappa shape index (κ3) is 5.29. The van der Waals surface area contributed by atoms with Crippen LogP contribution in [0.5, 0.6) is 0 Å². The minimum Gasteiger partial charge on any atom is -0.396 e. The lowest BCUT2D eigenvalue weighted by molar-refractivity contribution is -0.0492. The highest BCUT2D eigenvalue weighted by molar-refractivity contribution is 7.89. The van der Waals surface area contributed by atoms with E-state index < -0.39 is 40.5 Å². The molecule has 0 saturated carbocycles. The minimum atomic E-state index is -5.61. The van der Waals surface area contributed by atoms with E-state index in [9.17, 15) is 26.0 Å². The normalized spacial score (nSPS) is 17.0. The fraction of sp³-hybridized carbons (Fsp3) is 0.333. The van der Waals surface area contributed by atoms with E-state index in [1.165, 1.54) is 12.3 Å². The molecule has 0 spiro atoms. The van der Waals surface area contributed by atoms with Crippen LogP contribution in [0.3, 0.4) is 0 Å².